The molecule has 2 heteroatoms. The monoisotopic (exact) mass is 175 g/mol. The van der Waals surface area contributed by atoms with E-state index in [-0.39, 0.29) is 6.04 Å². The molecule has 1 unspecified atom stereocenters. The molecule has 0 fully saturated rings. The van der Waals surface area contributed by atoms with Gasteiger partial charge in [-0.2, -0.15) is 0 Å². The molecule has 0 saturated heterocycles. The molecule has 0 radical (unpaired) electrons. The van der Waals surface area contributed by atoms with Gasteiger partial charge < -0.3 is 10.5 Å². The summed E-state index contributed by atoms with van der Waals surface area (Å²) < 4.78 is 5.44. The van der Waals surface area contributed by atoms with Crippen LogP contribution in [-0.2, 0) is 6.42 Å². The summed E-state index contributed by atoms with van der Waals surface area (Å²) in [5.41, 5.74) is 8.28. The molecule has 0 amide bonds. The molecule has 2 rings (SSSR count). The Morgan fingerprint density at radius 1 is 1.54 bits per heavy atom. The third-order valence-corrected chi connectivity index (χ3v) is 2.39. The van der Waals surface area contributed by atoms with Crippen LogP contribution in [0.1, 0.15) is 17.2 Å². The molecule has 0 aromatic heterocycles. The van der Waals surface area contributed by atoms with Crippen molar-refractivity contribution < 1.29 is 4.74 Å². The van der Waals surface area contributed by atoms with Crippen molar-refractivity contribution in [1.29, 1.82) is 0 Å². The van der Waals surface area contributed by atoms with Crippen LogP contribution in [0.5, 0.6) is 5.75 Å². The van der Waals surface area contributed by atoms with E-state index in [1.165, 1.54) is 5.56 Å². The fourth-order valence-corrected chi connectivity index (χ4v) is 1.69. The van der Waals surface area contributed by atoms with E-state index in [0.29, 0.717) is 0 Å². The third kappa shape index (κ3) is 1.33. The van der Waals surface area contributed by atoms with Crippen molar-refractivity contribution in [3.63, 3.8) is 0 Å². The summed E-state index contributed by atoms with van der Waals surface area (Å²) in [6, 6.07) is 5.93. The lowest BCUT2D eigenvalue weighted by Crippen LogP contribution is -2.08. The Balaban J connectivity index is 2.46. The van der Waals surface area contributed by atoms with E-state index in [4.69, 9.17) is 10.5 Å². The highest BCUT2D eigenvalue weighted by Crippen LogP contribution is 2.30. The van der Waals surface area contributed by atoms with Crippen LogP contribution in [0.2, 0.25) is 0 Å². The van der Waals surface area contributed by atoms with Crippen molar-refractivity contribution in [2.75, 3.05) is 6.61 Å². The second-order valence-electron chi connectivity index (χ2n) is 3.18. The van der Waals surface area contributed by atoms with Gasteiger partial charge in [0, 0.05) is 18.0 Å². The number of rotatable bonds is 2. The highest BCUT2D eigenvalue weighted by Gasteiger charge is 2.17. The van der Waals surface area contributed by atoms with Gasteiger partial charge in [0.1, 0.15) is 5.75 Å². The van der Waals surface area contributed by atoms with Gasteiger partial charge >= 0.3 is 0 Å². The minimum atomic E-state index is -0.0725. The molecule has 1 aromatic carbocycles. The second-order valence-corrected chi connectivity index (χ2v) is 3.18. The first kappa shape index (κ1) is 8.32. The van der Waals surface area contributed by atoms with Crippen LogP contribution >= 0.6 is 0 Å². The summed E-state index contributed by atoms with van der Waals surface area (Å²) in [7, 11) is 0. The number of ether oxygens (including phenoxy) is 1. The van der Waals surface area contributed by atoms with Crippen LogP contribution in [0.15, 0.2) is 30.9 Å². The predicted octanol–water partition coefficient (Wildman–Crippen LogP) is 1.81. The molecule has 0 bridgehead atoms. The number of nitrogens with two attached hydrogens (primary N) is 1. The van der Waals surface area contributed by atoms with Crippen molar-refractivity contribution in [3.8, 4) is 5.75 Å². The summed E-state index contributed by atoms with van der Waals surface area (Å²) in [5.74, 6) is 0.981. The van der Waals surface area contributed by atoms with E-state index < -0.39 is 0 Å². The molecule has 13 heavy (non-hydrogen) atoms. The first-order chi connectivity index (χ1) is 6.33. The maximum atomic E-state index is 5.89. The smallest absolute Gasteiger partial charge is 0.122 e. The normalized spacial score (nSPS) is 16.1. The van der Waals surface area contributed by atoms with Crippen LogP contribution in [-0.4, -0.2) is 6.61 Å². The van der Waals surface area contributed by atoms with Gasteiger partial charge in [-0.3, -0.25) is 0 Å². The number of benzene rings is 1. The van der Waals surface area contributed by atoms with Gasteiger partial charge in [-0.25, -0.2) is 0 Å². The van der Waals surface area contributed by atoms with Gasteiger partial charge in [0.15, 0.2) is 0 Å². The van der Waals surface area contributed by atoms with Crippen LogP contribution in [0.4, 0.5) is 0 Å². The summed E-state index contributed by atoms with van der Waals surface area (Å²) >= 11 is 0. The van der Waals surface area contributed by atoms with Gasteiger partial charge in [-0.1, -0.05) is 18.2 Å². The molecule has 1 aliphatic heterocycles. The lowest BCUT2D eigenvalue weighted by atomic mass is 9.99. The van der Waals surface area contributed by atoms with Crippen molar-refractivity contribution >= 4 is 0 Å². The zero-order valence-electron chi connectivity index (χ0n) is 7.49. The Kier molecular flexibility index (Phi) is 2.07. The van der Waals surface area contributed by atoms with Crippen molar-refractivity contribution in [3.05, 3.63) is 42.0 Å². The zero-order chi connectivity index (χ0) is 9.26. The molecule has 2 N–H and O–H groups in total. The van der Waals surface area contributed by atoms with Crippen LogP contribution in [0.25, 0.3) is 0 Å². The lowest BCUT2D eigenvalue weighted by molar-refractivity contribution is 0.357. The fraction of sp³-hybridized carbons (Fsp3) is 0.273. The van der Waals surface area contributed by atoms with Gasteiger partial charge in [0.25, 0.3) is 0 Å². The summed E-state index contributed by atoms with van der Waals surface area (Å²) in [6.07, 6.45) is 2.72. The summed E-state index contributed by atoms with van der Waals surface area (Å²) in [4.78, 5) is 0. The molecule has 0 spiro atoms. The Bertz CT molecular complexity index is 333. The van der Waals surface area contributed by atoms with Gasteiger partial charge in [-0.15, -0.1) is 6.58 Å². The first-order valence-electron chi connectivity index (χ1n) is 4.45. The summed E-state index contributed by atoms with van der Waals surface area (Å²) in [5, 5.41) is 0. The van der Waals surface area contributed by atoms with E-state index in [9.17, 15) is 0 Å². The first-order valence-corrected chi connectivity index (χ1v) is 4.45. The molecule has 1 atom stereocenters. The molecule has 0 aliphatic carbocycles. The minimum Gasteiger partial charge on any atom is -0.493 e. The molecule has 1 heterocycles. The molecule has 68 valence electrons. The van der Waals surface area contributed by atoms with E-state index in [1.54, 1.807) is 6.08 Å². The van der Waals surface area contributed by atoms with E-state index >= 15 is 0 Å². The fourth-order valence-electron chi connectivity index (χ4n) is 1.69. The van der Waals surface area contributed by atoms with Crippen LogP contribution in [0, 0.1) is 0 Å². The Labute approximate surface area is 78.0 Å². The third-order valence-electron chi connectivity index (χ3n) is 2.39. The average molecular weight is 175 g/mol. The zero-order valence-corrected chi connectivity index (χ0v) is 7.49. The standard InChI is InChI=1S/C11H13NO/c1-2-10(12)8-4-3-5-11-9(8)6-7-13-11/h2-5,10H,1,6-7,12H2. The SMILES string of the molecule is C=CC(N)c1cccc2c1CCO2. The van der Waals surface area contributed by atoms with Crippen LogP contribution in [0.3, 0.4) is 0 Å². The van der Waals surface area contributed by atoms with Gasteiger partial charge in [0.05, 0.1) is 6.61 Å². The lowest BCUT2D eigenvalue weighted by Gasteiger charge is -2.10. The topological polar surface area (TPSA) is 35.2 Å². The Morgan fingerprint density at radius 2 is 2.38 bits per heavy atom. The average Bonchev–Trinajstić information content (AvgIpc) is 2.63. The molecular formula is C11H13NO. The van der Waals surface area contributed by atoms with Crippen molar-refractivity contribution in [1.82, 2.24) is 0 Å². The summed E-state index contributed by atoms with van der Waals surface area (Å²) in [6.45, 7) is 4.47. The highest BCUT2D eigenvalue weighted by molar-refractivity contribution is 5.45. The molecular weight excluding hydrogens is 162 g/mol. The maximum absolute atomic E-state index is 5.89. The molecule has 0 saturated carbocycles. The quantitative estimate of drug-likeness (QED) is 0.696. The van der Waals surface area contributed by atoms with Crippen LogP contribution < -0.4 is 10.5 Å². The van der Waals surface area contributed by atoms with E-state index in [1.807, 2.05) is 18.2 Å². The minimum absolute atomic E-state index is 0.0725. The maximum Gasteiger partial charge on any atom is 0.122 e. The van der Waals surface area contributed by atoms with Crippen molar-refractivity contribution in [2.45, 2.75) is 12.5 Å². The van der Waals surface area contributed by atoms with Crippen molar-refractivity contribution in [2.24, 2.45) is 5.73 Å². The Hall–Kier alpha value is -1.28. The molecule has 1 aromatic rings. The van der Waals surface area contributed by atoms with E-state index in [2.05, 4.69) is 6.58 Å². The van der Waals surface area contributed by atoms with Gasteiger partial charge in [-0.05, 0) is 11.6 Å². The van der Waals surface area contributed by atoms with Gasteiger partial charge in [0.2, 0.25) is 0 Å². The highest BCUT2D eigenvalue weighted by atomic mass is 16.5. The second kappa shape index (κ2) is 3.23. The molecule has 2 nitrogen and oxygen atoms in total. The van der Waals surface area contributed by atoms with E-state index in [0.717, 1.165) is 24.3 Å². The predicted molar refractivity (Wildman–Crippen MR) is 52.8 cm³/mol. The Morgan fingerprint density at radius 3 is 3.15 bits per heavy atom. The number of hydrogen-bond acceptors (Lipinski definition) is 2. The number of hydrogen-bond donors (Lipinski definition) is 1. The molecule has 1 aliphatic rings. The number of fused-ring (bicyclic) bond motifs is 1. The largest absolute Gasteiger partial charge is 0.493 e.